The molecule has 0 aliphatic heterocycles. The molecule has 0 saturated carbocycles. The average Bonchev–Trinajstić information content (AvgIpc) is 3.13. The van der Waals surface area contributed by atoms with Gasteiger partial charge in [0, 0.05) is 43.6 Å². The Kier molecular flexibility index (Phi) is 11.2. The highest BCUT2D eigenvalue weighted by molar-refractivity contribution is 14.0. The van der Waals surface area contributed by atoms with Crippen LogP contribution in [0.2, 0.25) is 5.02 Å². The first kappa shape index (κ1) is 23.6. The number of aromatic nitrogens is 2. The van der Waals surface area contributed by atoms with E-state index in [2.05, 4.69) is 34.6 Å². The summed E-state index contributed by atoms with van der Waals surface area (Å²) >= 11 is 6.29. The highest BCUT2D eigenvalue weighted by atomic mass is 127. The Morgan fingerprint density at radius 2 is 2.19 bits per heavy atom. The first-order chi connectivity index (χ1) is 12.6. The maximum atomic E-state index is 6.29. The Bertz CT molecular complexity index is 693. The molecule has 0 bridgehead atoms. The first-order valence-corrected chi connectivity index (χ1v) is 9.32. The van der Waals surface area contributed by atoms with Gasteiger partial charge in [-0.3, -0.25) is 9.67 Å². The minimum atomic E-state index is 0. The van der Waals surface area contributed by atoms with Gasteiger partial charge in [-0.2, -0.15) is 5.10 Å². The van der Waals surface area contributed by atoms with Crippen molar-refractivity contribution in [1.82, 2.24) is 20.4 Å². The lowest BCUT2D eigenvalue weighted by molar-refractivity contribution is 0.414. The molecule has 8 heteroatoms. The quantitative estimate of drug-likeness (QED) is 0.311. The molecule has 1 heterocycles. The van der Waals surface area contributed by atoms with Crippen LogP contribution >= 0.6 is 35.6 Å². The second-order valence-corrected chi connectivity index (χ2v) is 6.59. The summed E-state index contributed by atoms with van der Waals surface area (Å²) < 4.78 is 7.12. The molecular formula is C19H29ClIN5O. The summed E-state index contributed by atoms with van der Waals surface area (Å²) in [4.78, 5) is 4.68. The zero-order chi connectivity index (χ0) is 18.8. The molecule has 0 radical (unpaired) electrons. The highest BCUT2D eigenvalue weighted by Crippen LogP contribution is 2.22. The molecule has 0 aliphatic carbocycles. The molecule has 1 atom stereocenters. The van der Waals surface area contributed by atoms with Crippen molar-refractivity contribution in [1.29, 1.82) is 0 Å². The van der Waals surface area contributed by atoms with Crippen LogP contribution in [0.15, 0.2) is 41.7 Å². The van der Waals surface area contributed by atoms with E-state index in [1.807, 2.05) is 35.1 Å². The SMILES string of the molecule is CCNC(=NCC(C)Cn1cccn1)NCCc1ccc(OC)cc1Cl.I. The van der Waals surface area contributed by atoms with Gasteiger partial charge < -0.3 is 15.4 Å². The lowest BCUT2D eigenvalue weighted by Gasteiger charge is -2.14. The second kappa shape index (κ2) is 12.8. The molecule has 0 amide bonds. The molecule has 0 aliphatic rings. The Labute approximate surface area is 183 Å². The van der Waals surface area contributed by atoms with Crippen molar-refractivity contribution in [2.24, 2.45) is 10.9 Å². The van der Waals surface area contributed by atoms with Crippen molar-refractivity contribution < 1.29 is 4.74 Å². The van der Waals surface area contributed by atoms with Gasteiger partial charge in [-0.1, -0.05) is 24.6 Å². The maximum Gasteiger partial charge on any atom is 0.191 e. The minimum Gasteiger partial charge on any atom is -0.497 e. The van der Waals surface area contributed by atoms with Crippen LogP contribution in [0.1, 0.15) is 19.4 Å². The van der Waals surface area contributed by atoms with E-state index in [0.717, 1.165) is 54.9 Å². The van der Waals surface area contributed by atoms with Gasteiger partial charge in [0.25, 0.3) is 0 Å². The number of ether oxygens (including phenoxy) is 1. The van der Waals surface area contributed by atoms with E-state index in [0.29, 0.717) is 5.92 Å². The van der Waals surface area contributed by atoms with Gasteiger partial charge in [0.1, 0.15) is 5.75 Å². The van der Waals surface area contributed by atoms with Crippen LogP contribution in [-0.4, -0.2) is 42.5 Å². The van der Waals surface area contributed by atoms with Crippen molar-refractivity contribution in [3.05, 3.63) is 47.2 Å². The zero-order valence-electron chi connectivity index (χ0n) is 16.1. The van der Waals surface area contributed by atoms with Crippen LogP contribution in [0.4, 0.5) is 0 Å². The number of nitrogens with zero attached hydrogens (tertiary/aromatic N) is 3. The fourth-order valence-electron chi connectivity index (χ4n) is 2.55. The van der Waals surface area contributed by atoms with Gasteiger partial charge in [-0.15, -0.1) is 24.0 Å². The van der Waals surface area contributed by atoms with Gasteiger partial charge in [0.2, 0.25) is 0 Å². The molecular weight excluding hydrogens is 477 g/mol. The van der Waals surface area contributed by atoms with E-state index < -0.39 is 0 Å². The molecule has 1 aromatic carbocycles. The topological polar surface area (TPSA) is 63.5 Å². The Hall–Kier alpha value is -1.48. The third kappa shape index (κ3) is 8.38. The third-order valence-corrected chi connectivity index (χ3v) is 4.26. The van der Waals surface area contributed by atoms with Crippen LogP contribution in [0.5, 0.6) is 5.75 Å². The molecule has 2 N–H and O–H groups in total. The van der Waals surface area contributed by atoms with Crippen molar-refractivity contribution in [2.45, 2.75) is 26.8 Å². The monoisotopic (exact) mass is 505 g/mol. The minimum absolute atomic E-state index is 0. The molecule has 2 aromatic rings. The predicted octanol–water partition coefficient (Wildman–Crippen LogP) is 3.60. The van der Waals surface area contributed by atoms with Gasteiger partial charge in [0.05, 0.1) is 7.11 Å². The Balaban J connectivity index is 0.00000364. The molecule has 1 unspecified atom stereocenters. The first-order valence-electron chi connectivity index (χ1n) is 8.94. The van der Waals surface area contributed by atoms with Crippen LogP contribution < -0.4 is 15.4 Å². The van der Waals surface area contributed by atoms with Crippen molar-refractivity contribution >= 4 is 41.5 Å². The molecule has 0 fully saturated rings. The number of benzene rings is 1. The number of rotatable bonds is 9. The number of hydrogen-bond donors (Lipinski definition) is 2. The Morgan fingerprint density at radius 3 is 2.81 bits per heavy atom. The lowest BCUT2D eigenvalue weighted by Crippen LogP contribution is -2.38. The molecule has 6 nitrogen and oxygen atoms in total. The van der Waals surface area contributed by atoms with Gasteiger partial charge in [-0.25, -0.2) is 0 Å². The smallest absolute Gasteiger partial charge is 0.191 e. The summed E-state index contributed by atoms with van der Waals surface area (Å²) in [7, 11) is 1.64. The van der Waals surface area contributed by atoms with Gasteiger partial charge in [0.15, 0.2) is 5.96 Å². The van der Waals surface area contributed by atoms with Crippen LogP contribution in [0, 0.1) is 5.92 Å². The van der Waals surface area contributed by atoms with Crippen molar-refractivity contribution in [2.75, 3.05) is 26.7 Å². The van der Waals surface area contributed by atoms with E-state index in [1.54, 1.807) is 13.3 Å². The fraction of sp³-hybridized carbons (Fsp3) is 0.474. The van der Waals surface area contributed by atoms with Crippen LogP contribution in [-0.2, 0) is 13.0 Å². The standard InChI is InChI=1S/C19H28ClN5O.HI/c1-4-21-19(23-13-15(2)14-25-11-5-9-24-25)22-10-8-16-6-7-17(26-3)12-18(16)20;/h5-7,9,11-12,15H,4,8,10,13-14H2,1-3H3,(H2,21,22,23);1H. The predicted molar refractivity (Wildman–Crippen MR) is 122 cm³/mol. The fourth-order valence-corrected chi connectivity index (χ4v) is 2.81. The third-order valence-electron chi connectivity index (χ3n) is 3.91. The second-order valence-electron chi connectivity index (χ2n) is 6.19. The van der Waals surface area contributed by atoms with Crippen LogP contribution in [0.3, 0.4) is 0 Å². The number of aliphatic imine (C=N–C) groups is 1. The largest absolute Gasteiger partial charge is 0.497 e. The van der Waals surface area contributed by atoms with Crippen LogP contribution in [0.25, 0.3) is 0 Å². The van der Waals surface area contributed by atoms with E-state index in [-0.39, 0.29) is 24.0 Å². The highest BCUT2D eigenvalue weighted by Gasteiger charge is 2.06. The zero-order valence-corrected chi connectivity index (χ0v) is 19.2. The molecule has 1 aromatic heterocycles. The van der Waals surface area contributed by atoms with Crippen molar-refractivity contribution in [3.8, 4) is 5.75 Å². The number of halogens is 2. The summed E-state index contributed by atoms with van der Waals surface area (Å²) in [6.45, 7) is 7.40. The Morgan fingerprint density at radius 1 is 1.37 bits per heavy atom. The number of hydrogen-bond acceptors (Lipinski definition) is 3. The normalized spacial score (nSPS) is 12.2. The molecule has 0 saturated heterocycles. The van der Waals surface area contributed by atoms with E-state index >= 15 is 0 Å². The summed E-state index contributed by atoms with van der Waals surface area (Å²) in [6.07, 6.45) is 4.59. The van der Waals surface area contributed by atoms with E-state index in [1.165, 1.54) is 0 Å². The number of methoxy groups -OCH3 is 1. The molecule has 150 valence electrons. The summed E-state index contributed by atoms with van der Waals surface area (Å²) in [5.41, 5.74) is 1.09. The van der Waals surface area contributed by atoms with E-state index in [4.69, 9.17) is 16.3 Å². The summed E-state index contributed by atoms with van der Waals surface area (Å²) in [6, 6.07) is 7.70. The summed E-state index contributed by atoms with van der Waals surface area (Å²) in [5, 5.41) is 11.6. The summed E-state index contributed by atoms with van der Waals surface area (Å²) in [5.74, 6) is 2.00. The number of guanidine groups is 1. The molecule has 0 spiro atoms. The molecule has 27 heavy (non-hydrogen) atoms. The van der Waals surface area contributed by atoms with Crippen molar-refractivity contribution in [3.63, 3.8) is 0 Å². The van der Waals surface area contributed by atoms with Gasteiger partial charge >= 0.3 is 0 Å². The average molecular weight is 506 g/mol. The maximum absolute atomic E-state index is 6.29. The van der Waals surface area contributed by atoms with Gasteiger partial charge in [-0.05, 0) is 43.0 Å². The lowest BCUT2D eigenvalue weighted by atomic mass is 10.1. The molecule has 2 rings (SSSR count). The number of nitrogens with one attached hydrogen (secondary N) is 2. The van der Waals surface area contributed by atoms with E-state index in [9.17, 15) is 0 Å².